The van der Waals surface area contributed by atoms with Crippen molar-refractivity contribution in [3.63, 3.8) is 0 Å². The zero-order valence-corrected chi connectivity index (χ0v) is 22.2. The first-order valence-electron chi connectivity index (χ1n) is 12.9. The highest BCUT2D eigenvalue weighted by molar-refractivity contribution is 6.07. The average Bonchev–Trinajstić information content (AvgIpc) is 3.31. The van der Waals surface area contributed by atoms with Crippen LogP contribution in [0.5, 0.6) is 0 Å². The molecule has 4 aromatic rings. The van der Waals surface area contributed by atoms with Gasteiger partial charge in [0.2, 0.25) is 0 Å². The van der Waals surface area contributed by atoms with Gasteiger partial charge in [0.15, 0.2) is 0 Å². The summed E-state index contributed by atoms with van der Waals surface area (Å²) in [5.41, 5.74) is 0.284. The molecule has 2 aromatic heterocycles. The number of anilines is 1. The number of carbonyl (C=O) groups excluding carboxylic acids is 1. The van der Waals surface area contributed by atoms with E-state index in [1.54, 1.807) is 6.07 Å². The third kappa shape index (κ3) is 6.10. The molecule has 13 heteroatoms. The SMILES string of the molecule is COCc1nc2c(C(NCc3ncccc3C(F)(F)F)=C3CCC3)cc(NC(=O)c3ccccc3C(F)(F)F)cc2[nH]1. The number of hydrogen-bond donors (Lipinski definition) is 3. The monoisotopic (exact) mass is 589 g/mol. The standard InChI is InChI=1S/C29H25F6N5O2/c1-42-15-24-39-22-13-17(38-27(41)18-8-2-3-9-20(18)28(30,31)32)12-19(26(22)40-24)25(16-6-4-7-16)37-14-23-21(29(33,34)35)10-5-11-36-23/h2-3,5,8-13,37H,4,6-7,14-15H2,1H3,(H,38,41)(H,39,40). The number of aromatic amines is 1. The van der Waals surface area contributed by atoms with Crippen LogP contribution in [-0.4, -0.2) is 28.0 Å². The lowest BCUT2D eigenvalue weighted by Crippen LogP contribution is -2.21. The second-order valence-electron chi connectivity index (χ2n) is 9.72. The Hall–Kier alpha value is -4.39. The highest BCUT2D eigenvalue weighted by atomic mass is 19.4. The molecule has 0 saturated heterocycles. The van der Waals surface area contributed by atoms with E-state index in [4.69, 9.17) is 4.74 Å². The summed E-state index contributed by atoms with van der Waals surface area (Å²) in [6, 6.07) is 9.68. The van der Waals surface area contributed by atoms with E-state index in [-0.39, 0.29) is 24.5 Å². The number of hydrogen-bond acceptors (Lipinski definition) is 5. The lowest BCUT2D eigenvalue weighted by atomic mass is 9.87. The number of benzene rings is 2. The first-order chi connectivity index (χ1) is 20.0. The molecule has 1 aliphatic carbocycles. The Morgan fingerprint density at radius 3 is 2.36 bits per heavy atom. The molecule has 1 amide bonds. The van der Waals surface area contributed by atoms with Crippen molar-refractivity contribution in [1.82, 2.24) is 20.3 Å². The molecule has 1 aliphatic rings. The summed E-state index contributed by atoms with van der Waals surface area (Å²) < 4.78 is 86.7. The third-order valence-corrected chi connectivity index (χ3v) is 6.86. The van der Waals surface area contributed by atoms with Crippen LogP contribution >= 0.6 is 0 Å². The molecule has 0 atom stereocenters. The van der Waals surface area contributed by atoms with Gasteiger partial charge in [0.05, 0.1) is 40.0 Å². The van der Waals surface area contributed by atoms with E-state index < -0.39 is 35.0 Å². The number of ether oxygens (including phenoxy) is 1. The maximum Gasteiger partial charge on any atom is 0.418 e. The minimum absolute atomic E-state index is 0.122. The van der Waals surface area contributed by atoms with Crippen LogP contribution < -0.4 is 10.6 Å². The van der Waals surface area contributed by atoms with Crippen LogP contribution in [-0.2, 0) is 30.2 Å². The normalized spacial score (nSPS) is 13.6. The van der Waals surface area contributed by atoms with Crippen LogP contribution in [0.25, 0.3) is 16.7 Å². The van der Waals surface area contributed by atoms with E-state index in [0.29, 0.717) is 41.0 Å². The Morgan fingerprint density at radius 1 is 0.976 bits per heavy atom. The number of alkyl halides is 6. The lowest BCUT2D eigenvalue weighted by Gasteiger charge is -2.25. The molecule has 0 unspecified atom stereocenters. The summed E-state index contributed by atoms with van der Waals surface area (Å²) in [5.74, 6) is -0.527. The number of pyridine rings is 1. The average molecular weight is 590 g/mol. The summed E-state index contributed by atoms with van der Waals surface area (Å²) in [6.07, 6.45) is -5.82. The second kappa shape index (κ2) is 11.5. The first kappa shape index (κ1) is 29.1. The van der Waals surface area contributed by atoms with Crippen LogP contribution in [0.2, 0.25) is 0 Å². The Bertz CT molecular complexity index is 1650. The largest absolute Gasteiger partial charge is 0.418 e. The van der Waals surface area contributed by atoms with Crippen LogP contribution in [0.1, 0.15) is 57.8 Å². The van der Waals surface area contributed by atoms with Gasteiger partial charge in [-0.1, -0.05) is 12.1 Å². The Morgan fingerprint density at radius 2 is 1.69 bits per heavy atom. The molecule has 0 spiro atoms. The fourth-order valence-electron chi connectivity index (χ4n) is 4.79. The van der Waals surface area contributed by atoms with Crippen LogP contribution in [0.3, 0.4) is 0 Å². The van der Waals surface area contributed by atoms with Gasteiger partial charge in [0.25, 0.3) is 5.91 Å². The van der Waals surface area contributed by atoms with Gasteiger partial charge in [-0.15, -0.1) is 0 Å². The predicted molar refractivity (Wildman–Crippen MR) is 143 cm³/mol. The quantitative estimate of drug-likeness (QED) is 0.191. The number of rotatable bonds is 8. The zero-order valence-electron chi connectivity index (χ0n) is 22.2. The number of nitrogens with one attached hydrogen (secondary N) is 3. The summed E-state index contributed by atoms with van der Waals surface area (Å²) in [5, 5.41) is 5.66. The molecule has 0 aliphatic heterocycles. The van der Waals surface area contributed by atoms with Gasteiger partial charge < -0.3 is 20.4 Å². The number of nitrogens with zero attached hydrogens (tertiary/aromatic N) is 2. The van der Waals surface area contributed by atoms with Crippen molar-refractivity contribution in [3.8, 4) is 0 Å². The van der Waals surface area contributed by atoms with Gasteiger partial charge in [-0.25, -0.2) is 4.98 Å². The molecular formula is C29H25F6N5O2. The third-order valence-electron chi connectivity index (χ3n) is 6.86. The van der Waals surface area contributed by atoms with Crippen molar-refractivity contribution in [3.05, 3.63) is 94.1 Å². The number of carbonyl (C=O) groups is 1. The molecule has 0 radical (unpaired) electrons. The topological polar surface area (TPSA) is 91.9 Å². The summed E-state index contributed by atoms with van der Waals surface area (Å²) in [4.78, 5) is 24.7. The molecule has 1 saturated carbocycles. The number of H-pyrrole nitrogens is 1. The summed E-state index contributed by atoms with van der Waals surface area (Å²) >= 11 is 0. The Labute approximate surface area is 236 Å². The van der Waals surface area contributed by atoms with Crippen molar-refractivity contribution in [2.75, 3.05) is 12.4 Å². The minimum Gasteiger partial charge on any atom is -0.379 e. The Balaban J connectivity index is 1.56. The second-order valence-corrected chi connectivity index (χ2v) is 9.72. The molecule has 3 N–H and O–H groups in total. The van der Waals surface area contributed by atoms with E-state index in [2.05, 4.69) is 25.6 Å². The van der Waals surface area contributed by atoms with Gasteiger partial charge in [0, 0.05) is 30.3 Å². The number of aromatic nitrogens is 3. The van der Waals surface area contributed by atoms with Crippen LogP contribution in [0.4, 0.5) is 32.0 Å². The number of methoxy groups -OCH3 is 1. The lowest BCUT2D eigenvalue weighted by molar-refractivity contribution is -0.139. The molecule has 0 bridgehead atoms. The van der Waals surface area contributed by atoms with Crippen molar-refractivity contribution < 1.29 is 35.9 Å². The molecule has 42 heavy (non-hydrogen) atoms. The fraction of sp³-hybridized carbons (Fsp3) is 0.276. The summed E-state index contributed by atoms with van der Waals surface area (Å²) in [7, 11) is 1.48. The van der Waals surface area contributed by atoms with Crippen molar-refractivity contribution >= 4 is 28.3 Å². The van der Waals surface area contributed by atoms with E-state index >= 15 is 0 Å². The summed E-state index contributed by atoms with van der Waals surface area (Å²) in [6.45, 7) is -0.127. The first-order valence-corrected chi connectivity index (χ1v) is 12.9. The zero-order chi connectivity index (χ0) is 30.1. The van der Waals surface area contributed by atoms with Gasteiger partial charge in [-0.05, 0) is 61.2 Å². The molecule has 2 heterocycles. The molecule has 220 valence electrons. The Kier molecular flexibility index (Phi) is 7.95. The van der Waals surface area contributed by atoms with Gasteiger partial charge in [-0.3, -0.25) is 9.78 Å². The maximum atomic E-state index is 13.6. The van der Waals surface area contributed by atoms with Crippen molar-refractivity contribution in [1.29, 1.82) is 0 Å². The highest BCUT2D eigenvalue weighted by Gasteiger charge is 2.35. The smallest absolute Gasteiger partial charge is 0.379 e. The van der Waals surface area contributed by atoms with Gasteiger partial charge in [-0.2, -0.15) is 26.3 Å². The number of fused-ring (bicyclic) bond motifs is 1. The molecule has 1 fully saturated rings. The predicted octanol–water partition coefficient (Wildman–Crippen LogP) is 7.08. The number of amides is 1. The van der Waals surface area contributed by atoms with Crippen LogP contribution in [0.15, 0.2) is 60.3 Å². The van der Waals surface area contributed by atoms with Crippen molar-refractivity contribution in [2.24, 2.45) is 0 Å². The minimum atomic E-state index is -4.74. The van der Waals surface area contributed by atoms with Crippen molar-refractivity contribution in [2.45, 2.75) is 44.8 Å². The molecular weight excluding hydrogens is 564 g/mol. The number of halogens is 6. The van der Waals surface area contributed by atoms with E-state index in [0.717, 1.165) is 30.2 Å². The van der Waals surface area contributed by atoms with Gasteiger partial charge >= 0.3 is 12.4 Å². The molecule has 2 aromatic carbocycles. The highest BCUT2D eigenvalue weighted by Crippen LogP contribution is 2.38. The van der Waals surface area contributed by atoms with Gasteiger partial charge in [0.1, 0.15) is 12.4 Å². The number of imidazole rings is 1. The van der Waals surface area contributed by atoms with E-state index in [9.17, 15) is 31.1 Å². The maximum absolute atomic E-state index is 13.6. The number of allylic oxidation sites excluding steroid dienone is 1. The fourth-order valence-corrected chi connectivity index (χ4v) is 4.79. The van der Waals surface area contributed by atoms with E-state index in [1.807, 2.05) is 0 Å². The molecule has 7 nitrogen and oxygen atoms in total. The van der Waals surface area contributed by atoms with E-state index in [1.165, 1.54) is 37.6 Å². The molecule has 5 rings (SSSR count). The van der Waals surface area contributed by atoms with Crippen LogP contribution in [0, 0.1) is 0 Å².